The average Bonchev–Trinajstić information content (AvgIpc) is 2.65. The number of nitrogens with one attached hydrogen (secondary N) is 2. The van der Waals surface area contributed by atoms with Crippen molar-refractivity contribution in [2.45, 2.75) is 12.8 Å². The van der Waals surface area contributed by atoms with Crippen LogP contribution in [0.25, 0.3) is 0 Å². The summed E-state index contributed by atoms with van der Waals surface area (Å²) in [6, 6.07) is 0. The van der Waals surface area contributed by atoms with Crippen LogP contribution in [0.5, 0.6) is 0 Å². The maximum atomic E-state index is 11.2. The summed E-state index contributed by atoms with van der Waals surface area (Å²) in [7, 11) is 0. The summed E-state index contributed by atoms with van der Waals surface area (Å²) < 4.78 is 0. The fourth-order valence-corrected chi connectivity index (χ4v) is 1.92. The molecule has 178 valence electrons. The molecular formula is C20H24Cu2N2O7. The summed E-state index contributed by atoms with van der Waals surface area (Å²) in [5.41, 5.74) is 1.08. The van der Waals surface area contributed by atoms with E-state index in [0.29, 0.717) is 24.2 Å². The Morgan fingerprint density at radius 2 is 1.03 bits per heavy atom. The molecule has 0 atom stereocenters. The fraction of sp³-hybridized carbons (Fsp3) is 0.200. The van der Waals surface area contributed by atoms with Crippen LogP contribution in [0.4, 0.5) is 0 Å². The second kappa shape index (κ2) is 19.3. The summed E-state index contributed by atoms with van der Waals surface area (Å²) in [5, 5.41) is 22.2. The minimum atomic E-state index is -0.860. The van der Waals surface area contributed by atoms with E-state index in [9.17, 15) is 19.2 Å². The number of hydrogen-bond acceptors (Lipinski definition) is 6. The smallest absolute Gasteiger partial charge is 0.305 e. The molecular weight excluding hydrogens is 507 g/mol. The third kappa shape index (κ3) is 15.8. The molecule has 0 saturated heterocycles. The quantitative estimate of drug-likeness (QED) is 0.199. The molecule has 9 nitrogen and oxygen atoms in total. The van der Waals surface area contributed by atoms with Gasteiger partial charge in [-0.2, -0.15) is 0 Å². The van der Waals surface area contributed by atoms with Gasteiger partial charge >= 0.3 is 11.9 Å². The molecule has 0 aromatic carbocycles. The number of carbonyl (C=O) groups excluding carboxylic acids is 2. The van der Waals surface area contributed by atoms with Gasteiger partial charge in [-0.3, -0.25) is 19.2 Å². The summed E-state index contributed by atoms with van der Waals surface area (Å²) in [6.07, 6.45) is 16.3. The van der Waals surface area contributed by atoms with E-state index in [4.69, 9.17) is 10.2 Å². The van der Waals surface area contributed by atoms with Gasteiger partial charge in [0.1, 0.15) is 0 Å². The van der Waals surface area contributed by atoms with Crippen molar-refractivity contribution in [1.29, 1.82) is 0 Å². The molecule has 2 rings (SSSR count). The van der Waals surface area contributed by atoms with Crippen LogP contribution in [0, 0.1) is 0 Å². The van der Waals surface area contributed by atoms with Crippen LogP contribution < -0.4 is 10.6 Å². The normalized spacial score (nSPS) is 15.7. The largest absolute Gasteiger partial charge is 0.481 e. The molecule has 31 heavy (non-hydrogen) atoms. The van der Waals surface area contributed by atoms with Crippen molar-refractivity contribution in [3.05, 3.63) is 72.2 Å². The molecule has 0 unspecified atom stereocenters. The topological polar surface area (TPSA) is 164 Å². The standard InChI is InChI=1S/2C10H11NO3.2Cu.H2O/c2*12-9-4-2-1-3-8(9)7-11-6-5-10(13)14;;;/h2*1-4,7,11H,5-6H2,(H,13,14);;;1H2. The van der Waals surface area contributed by atoms with E-state index in [1.807, 2.05) is 0 Å². The van der Waals surface area contributed by atoms with Gasteiger partial charge in [-0.15, -0.1) is 0 Å². The van der Waals surface area contributed by atoms with Gasteiger partial charge in [0.2, 0.25) is 0 Å². The number of aliphatic carboxylic acids is 2. The SMILES string of the molecule is O.O=C(O)CCNC=C1C=CC=CC1=O.O=C(O)CCNC=C1C=CC=CC1=O.[Cu].[Cu]. The zero-order valence-corrected chi connectivity index (χ0v) is 18.1. The monoisotopic (exact) mass is 530 g/mol. The van der Waals surface area contributed by atoms with E-state index >= 15 is 0 Å². The Morgan fingerprint density at radius 1 is 0.710 bits per heavy atom. The third-order valence-corrected chi connectivity index (χ3v) is 3.32. The Morgan fingerprint density at radius 3 is 1.32 bits per heavy atom. The molecule has 2 radical (unpaired) electrons. The second-order valence-corrected chi connectivity index (χ2v) is 5.56. The van der Waals surface area contributed by atoms with Crippen molar-refractivity contribution in [3.63, 3.8) is 0 Å². The van der Waals surface area contributed by atoms with E-state index in [0.717, 1.165) is 0 Å². The number of allylic oxidation sites excluding steroid dienone is 10. The zero-order chi connectivity index (χ0) is 20.8. The summed E-state index contributed by atoms with van der Waals surface area (Å²) in [4.78, 5) is 42.6. The molecule has 0 amide bonds. The second-order valence-electron chi connectivity index (χ2n) is 5.56. The van der Waals surface area contributed by atoms with Gasteiger partial charge in [0.05, 0.1) is 12.8 Å². The first-order valence-electron chi connectivity index (χ1n) is 8.49. The molecule has 0 aromatic rings. The fourth-order valence-electron chi connectivity index (χ4n) is 1.92. The van der Waals surface area contributed by atoms with E-state index in [1.54, 1.807) is 36.5 Å². The van der Waals surface area contributed by atoms with E-state index < -0.39 is 11.9 Å². The summed E-state index contributed by atoms with van der Waals surface area (Å²) >= 11 is 0. The van der Waals surface area contributed by atoms with Crippen LogP contribution in [-0.4, -0.2) is 52.3 Å². The molecule has 2 aliphatic rings. The molecule has 0 heterocycles. The number of ketones is 2. The first kappa shape index (κ1) is 33.0. The van der Waals surface area contributed by atoms with Crippen molar-refractivity contribution < 1.29 is 69.0 Å². The molecule has 0 bridgehead atoms. The Balaban J connectivity index is -0.000000461. The molecule has 0 fully saturated rings. The number of carbonyl (C=O) groups is 4. The Labute approximate surface area is 201 Å². The van der Waals surface area contributed by atoms with E-state index in [-0.39, 0.29) is 64.0 Å². The molecule has 6 N–H and O–H groups in total. The Bertz CT molecular complexity index is 731. The minimum Gasteiger partial charge on any atom is -0.481 e. The van der Waals surface area contributed by atoms with Crippen molar-refractivity contribution in [3.8, 4) is 0 Å². The van der Waals surface area contributed by atoms with Gasteiger partial charge in [-0.05, 0) is 24.3 Å². The van der Waals surface area contributed by atoms with Gasteiger partial charge in [-0.1, -0.05) is 24.3 Å². The van der Waals surface area contributed by atoms with Gasteiger partial charge in [0, 0.05) is 70.8 Å². The van der Waals surface area contributed by atoms with E-state index in [1.165, 1.54) is 24.6 Å². The van der Waals surface area contributed by atoms with Crippen LogP contribution in [0.15, 0.2) is 72.2 Å². The van der Waals surface area contributed by atoms with Crippen LogP contribution in [0.1, 0.15) is 12.8 Å². The maximum absolute atomic E-state index is 11.2. The van der Waals surface area contributed by atoms with Crippen LogP contribution in [0.3, 0.4) is 0 Å². The summed E-state index contributed by atoms with van der Waals surface area (Å²) in [5.74, 6) is -1.87. The van der Waals surface area contributed by atoms with Crippen LogP contribution in [-0.2, 0) is 53.3 Å². The zero-order valence-electron chi connectivity index (χ0n) is 16.2. The predicted octanol–water partition coefficient (Wildman–Crippen LogP) is 0.430. The van der Waals surface area contributed by atoms with Crippen LogP contribution >= 0.6 is 0 Å². The predicted molar refractivity (Wildman–Crippen MR) is 107 cm³/mol. The summed E-state index contributed by atoms with van der Waals surface area (Å²) in [6.45, 7) is 0.646. The molecule has 2 aliphatic carbocycles. The third-order valence-electron chi connectivity index (χ3n) is 3.32. The van der Waals surface area contributed by atoms with Gasteiger partial charge in [0.25, 0.3) is 0 Å². The number of hydrogen-bond donors (Lipinski definition) is 4. The average molecular weight is 532 g/mol. The first-order chi connectivity index (χ1) is 13.4. The minimum absolute atomic E-state index is 0. The van der Waals surface area contributed by atoms with E-state index in [2.05, 4.69) is 10.6 Å². The molecule has 0 aromatic heterocycles. The first-order valence-corrected chi connectivity index (χ1v) is 8.49. The molecule has 11 heteroatoms. The van der Waals surface area contributed by atoms with Crippen molar-refractivity contribution in [2.24, 2.45) is 0 Å². The molecule has 0 aliphatic heterocycles. The van der Waals surface area contributed by atoms with Crippen molar-refractivity contribution in [2.75, 3.05) is 13.1 Å². The number of rotatable bonds is 8. The number of carboxylic acids is 2. The van der Waals surface area contributed by atoms with Crippen molar-refractivity contribution in [1.82, 2.24) is 10.6 Å². The van der Waals surface area contributed by atoms with Gasteiger partial charge in [0.15, 0.2) is 11.6 Å². The Kier molecular flexibility index (Phi) is 20.5. The van der Waals surface area contributed by atoms with Gasteiger partial charge < -0.3 is 26.3 Å². The number of carboxylic acid groups (broad SMARTS) is 2. The maximum Gasteiger partial charge on any atom is 0.305 e. The van der Waals surface area contributed by atoms with Crippen molar-refractivity contribution >= 4 is 23.5 Å². The van der Waals surface area contributed by atoms with Gasteiger partial charge in [-0.25, -0.2) is 0 Å². The Hall–Kier alpha value is -2.68. The molecule has 0 spiro atoms. The van der Waals surface area contributed by atoms with Crippen LogP contribution in [0.2, 0.25) is 0 Å². The molecule has 0 saturated carbocycles.